The Bertz CT molecular complexity index is 367. The van der Waals surface area contributed by atoms with E-state index in [1.807, 2.05) is 31.2 Å². The molecule has 1 aromatic rings. The third-order valence-corrected chi connectivity index (χ3v) is 3.14. The summed E-state index contributed by atoms with van der Waals surface area (Å²) in [6.07, 6.45) is 0.287. The van der Waals surface area contributed by atoms with Crippen molar-refractivity contribution in [1.82, 2.24) is 5.32 Å². The van der Waals surface area contributed by atoms with Gasteiger partial charge in [-0.05, 0) is 25.8 Å². The first-order valence-corrected chi connectivity index (χ1v) is 6.23. The second-order valence-corrected chi connectivity index (χ2v) is 4.97. The summed E-state index contributed by atoms with van der Waals surface area (Å²) in [4.78, 5) is 0. The summed E-state index contributed by atoms with van der Waals surface area (Å²) in [7, 11) is 0. The van der Waals surface area contributed by atoms with Crippen LogP contribution in [0.5, 0.6) is 0 Å². The van der Waals surface area contributed by atoms with Crippen LogP contribution in [0.25, 0.3) is 0 Å². The Balaban J connectivity index is 1.94. The first-order chi connectivity index (χ1) is 8.15. The Hall–Kier alpha value is -0.900. The molecule has 3 unspecified atom stereocenters. The number of morpholine rings is 1. The molecule has 0 bridgehead atoms. The van der Waals surface area contributed by atoms with Gasteiger partial charge in [-0.2, -0.15) is 0 Å². The summed E-state index contributed by atoms with van der Waals surface area (Å²) in [5.74, 6) is 0. The summed E-state index contributed by atoms with van der Waals surface area (Å²) in [6.45, 7) is 5.59. The van der Waals surface area contributed by atoms with Crippen LogP contribution in [0.15, 0.2) is 24.3 Å². The largest absolute Gasteiger partial charge is 0.388 e. The van der Waals surface area contributed by atoms with Crippen LogP contribution in [-0.2, 0) is 4.74 Å². The lowest BCUT2D eigenvalue weighted by Crippen LogP contribution is -2.47. The van der Waals surface area contributed by atoms with E-state index in [1.54, 1.807) is 0 Å². The average Bonchev–Trinajstić information content (AvgIpc) is 2.29. The second-order valence-electron chi connectivity index (χ2n) is 4.97. The Morgan fingerprint density at radius 3 is 3.00 bits per heavy atom. The predicted octanol–water partition coefficient (Wildman–Crippen LogP) is 1.80. The molecule has 3 nitrogen and oxygen atoms in total. The van der Waals surface area contributed by atoms with Gasteiger partial charge >= 0.3 is 0 Å². The van der Waals surface area contributed by atoms with Crippen LogP contribution in [0.3, 0.4) is 0 Å². The maximum Gasteiger partial charge on any atom is 0.0805 e. The van der Waals surface area contributed by atoms with Crippen LogP contribution in [-0.4, -0.2) is 30.4 Å². The Labute approximate surface area is 103 Å². The molecule has 0 radical (unpaired) electrons. The van der Waals surface area contributed by atoms with Gasteiger partial charge in [0, 0.05) is 12.1 Å². The van der Waals surface area contributed by atoms with Crippen molar-refractivity contribution in [3.05, 3.63) is 35.4 Å². The minimum absolute atomic E-state index is 0.245. The Morgan fingerprint density at radius 1 is 1.47 bits per heavy atom. The van der Waals surface area contributed by atoms with Gasteiger partial charge in [0.05, 0.1) is 19.3 Å². The number of aryl methyl sites for hydroxylation is 1. The SMILES string of the molecule is Cc1cccc(C(O)CC2COCC(C)N2)c1. The van der Waals surface area contributed by atoms with Crippen molar-refractivity contribution >= 4 is 0 Å². The smallest absolute Gasteiger partial charge is 0.0805 e. The molecular formula is C14H21NO2. The van der Waals surface area contributed by atoms with Gasteiger partial charge in [-0.1, -0.05) is 29.8 Å². The standard InChI is InChI=1S/C14H21NO2/c1-10-4-3-5-12(6-10)14(16)7-13-9-17-8-11(2)15-13/h3-6,11,13-16H,7-9H2,1-2H3. The van der Waals surface area contributed by atoms with E-state index in [4.69, 9.17) is 4.74 Å². The van der Waals surface area contributed by atoms with Crippen LogP contribution in [0.2, 0.25) is 0 Å². The van der Waals surface area contributed by atoms with Crippen molar-refractivity contribution in [3.63, 3.8) is 0 Å². The topological polar surface area (TPSA) is 41.5 Å². The zero-order valence-corrected chi connectivity index (χ0v) is 10.5. The molecule has 1 heterocycles. The summed E-state index contributed by atoms with van der Waals surface area (Å²) < 4.78 is 5.48. The van der Waals surface area contributed by atoms with E-state index < -0.39 is 6.10 Å². The van der Waals surface area contributed by atoms with Crippen molar-refractivity contribution in [2.75, 3.05) is 13.2 Å². The van der Waals surface area contributed by atoms with Gasteiger partial charge in [-0.3, -0.25) is 0 Å². The molecule has 3 atom stereocenters. The summed E-state index contributed by atoms with van der Waals surface area (Å²) in [6, 6.07) is 8.66. The van der Waals surface area contributed by atoms with Crippen LogP contribution in [0.1, 0.15) is 30.6 Å². The van der Waals surface area contributed by atoms with E-state index in [0.717, 1.165) is 12.2 Å². The molecule has 1 aliphatic rings. The van der Waals surface area contributed by atoms with Crippen LogP contribution in [0, 0.1) is 6.92 Å². The van der Waals surface area contributed by atoms with E-state index in [9.17, 15) is 5.11 Å². The van der Waals surface area contributed by atoms with E-state index in [-0.39, 0.29) is 6.04 Å². The average molecular weight is 235 g/mol. The number of rotatable bonds is 3. The first-order valence-electron chi connectivity index (χ1n) is 6.23. The van der Waals surface area contributed by atoms with Gasteiger partial charge < -0.3 is 15.2 Å². The molecule has 0 saturated carbocycles. The number of hydrogen-bond donors (Lipinski definition) is 2. The molecule has 1 fully saturated rings. The first kappa shape index (κ1) is 12.6. The lowest BCUT2D eigenvalue weighted by atomic mass is 10.00. The third-order valence-electron chi connectivity index (χ3n) is 3.14. The van der Waals surface area contributed by atoms with Crippen molar-refractivity contribution < 1.29 is 9.84 Å². The van der Waals surface area contributed by atoms with Crippen molar-refractivity contribution in [2.24, 2.45) is 0 Å². The maximum absolute atomic E-state index is 10.2. The minimum atomic E-state index is -0.415. The Morgan fingerprint density at radius 2 is 2.29 bits per heavy atom. The highest BCUT2D eigenvalue weighted by atomic mass is 16.5. The third kappa shape index (κ3) is 3.53. The van der Waals surface area contributed by atoms with Crippen molar-refractivity contribution in [3.8, 4) is 0 Å². The predicted molar refractivity (Wildman–Crippen MR) is 68.0 cm³/mol. The van der Waals surface area contributed by atoms with Crippen LogP contribution < -0.4 is 5.32 Å². The lowest BCUT2D eigenvalue weighted by Gasteiger charge is -2.30. The molecule has 17 heavy (non-hydrogen) atoms. The highest BCUT2D eigenvalue weighted by molar-refractivity contribution is 5.24. The van der Waals surface area contributed by atoms with Gasteiger partial charge in [-0.25, -0.2) is 0 Å². The van der Waals surface area contributed by atoms with E-state index in [1.165, 1.54) is 5.56 Å². The van der Waals surface area contributed by atoms with Gasteiger partial charge in [0.1, 0.15) is 0 Å². The molecule has 3 heteroatoms. The zero-order valence-electron chi connectivity index (χ0n) is 10.5. The second kappa shape index (κ2) is 5.63. The fourth-order valence-corrected chi connectivity index (χ4v) is 2.30. The Kier molecular flexibility index (Phi) is 4.15. The summed E-state index contributed by atoms with van der Waals surface area (Å²) in [5, 5.41) is 13.6. The van der Waals surface area contributed by atoms with Gasteiger partial charge in [0.15, 0.2) is 0 Å². The number of ether oxygens (including phenoxy) is 1. The van der Waals surface area contributed by atoms with Gasteiger partial charge in [0.2, 0.25) is 0 Å². The minimum Gasteiger partial charge on any atom is -0.388 e. The fraction of sp³-hybridized carbons (Fsp3) is 0.571. The van der Waals surface area contributed by atoms with E-state index >= 15 is 0 Å². The summed E-state index contributed by atoms with van der Waals surface area (Å²) in [5.41, 5.74) is 2.17. The van der Waals surface area contributed by atoms with E-state index in [2.05, 4.69) is 12.2 Å². The highest BCUT2D eigenvalue weighted by Gasteiger charge is 2.21. The number of nitrogens with one attached hydrogen (secondary N) is 1. The number of aliphatic hydroxyl groups is 1. The zero-order chi connectivity index (χ0) is 12.3. The van der Waals surface area contributed by atoms with E-state index in [0.29, 0.717) is 19.1 Å². The monoisotopic (exact) mass is 235 g/mol. The van der Waals surface area contributed by atoms with Gasteiger partial charge in [-0.15, -0.1) is 0 Å². The number of aliphatic hydroxyl groups excluding tert-OH is 1. The van der Waals surface area contributed by atoms with Crippen molar-refractivity contribution in [1.29, 1.82) is 0 Å². The molecule has 0 aromatic heterocycles. The normalized spacial score (nSPS) is 26.8. The molecule has 0 aliphatic carbocycles. The molecule has 1 saturated heterocycles. The highest BCUT2D eigenvalue weighted by Crippen LogP contribution is 2.20. The molecule has 1 aliphatic heterocycles. The lowest BCUT2D eigenvalue weighted by molar-refractivity contribution is 0.0304. The maximum atomic E-state index is 10.2. The number of hydrogen-bond acceptors (Lipinski definition) is 3. The van der Waals surface area contributed by atoms with Crippen LogP contribution in [0.4, 0.5) is 0 Å². The van der Waals surface area contributed by atoms with Crippen LogP contribution >= 0.6 is 0 Å². The van der Waals surface area contributed by atoms with Gasteiger partial charge in [0.25, 0.3) is 0 Å². The molecule has 1 aromatic carbocycles. The number of benzene rings is 1. The molecular weight excluding hydrogens is 214 g/mol. The van der Waals surface area contributed by atoms with Crippen molar-refractivity contribution in [2.45, 2.75) is 38.5 Å². The quantitative estimate of drug-likeness (QED) is 0.839. The summed E-state index contributed by atoms with van der Waals surface area (Å²) >= 11 is 0. The molecule has 0 spiro atoms. The molecule has 2 N–H and O–H groups in total. The fourth-order valence-electron chi connectivity index (χ4n) is 2.30. The molecule has 0 amide bonds. The molecule has 94 valence electrons. The molecule has 2 rings (SSSR count).